The Morgan fingerprint density at radius 2 is 2.00 bits per heavy atom. The van der Waals surface area contributed by atoms with Gasteiger partial charge in [0.25, 0.3) is 0 Å². The topological polar surface area (TPSA) is 56.7 Å². The van der Waals surface area contributed by atoms with Crippen molar-refractivity contribution in [3.63, 3.8) is 0 Å². The fourth-order valence-electron chi connectivity index (χ4n) is 1.54. The highest BCUT2D eigenvalue weighted by Crippen LogP contribution is 2.16. The number of benzene rings is 1. The highest BCUT2D eigenvalue weighted by atomic mass is 15.4. The third-order valence-corrected chi connectivity index (χ3v) is 2.46. The van der Waals surface area contributed by atoms with Crippen molar-refractivity contribution in [1.29, 1.82) is 0 Å². The molecular formula is C12H16N4. The zero-order valence-corrected chi connectivity index (χ0v) is 9.43. The maximum atomic E-state index is 5.81. The van der Waals surface area contributed by atoms with Crippen LogP contribution in [0.3, 0.4) is 0 Å². The highest BCUT2D eigenvalue weighted by Gasteiger charge is 2.07. The molecule has 1 heterocycles. The number of aryl methyl sites for hydroxylation is 1. The molecule has 0 aliphatic rings. The van der Waals surface area contributed by atoms with E-state index in [0.717, 1.165) is 24.9 Å². The van der Waals surface area contributed by atoms with Gasteiger partial charge in [-0.15, -0.1) is 5.10 Å². The molecule has 0 fully saturated rings. The van der Waals surface area contributed by atoms with Crippen LogP contribution in [0.4, 0.5) is 5.95 Å². The van der Waals surface area contributed by atoms with Crippen molar-refractivity contribution in [2.24, 2.45) is 0 Å². The molecule has 0 unspecified atom stereocenters. The minimum Gasteiger partial charge on any atom is -0.368 e. The van der Waals surface area contributed by atoms with Crippen LogP contribution in [0.5, 0.6) is 0 Å². The lowest BCUT2D eigenvalue weighted by molar-refractivity contribution is 0.579. The predicted octanol–water partition coefficient (Wildman–Crippen LogP) is 2.33. The minimum absolute atomic E-state index is 0.493. The molecule has 1 aromatic carbocycles. The Labute approximate surface area is 95.1 Å². The molecule has 2 aromatic rings. The Morgan fingerprint density at radius 1 is 1.25 bits per heavy atom. The largest absolute Gasteiger partial charge is 0.368 e. The number of nitrogens with two attached hydrogens (primary N) is 1. The average molecular weight is 216 g/mol. The molecule has 2 N–H and O–H groups in total. The summed E-state index contributed by atoms with van der Waals surface area (Å²) in [6, 6.07) is 9.88. The van der Waals surface area contributed by atoms with Crippen LogP contribution in [-0.2, 0) is 6.54 Å². The van der Waals surface area contributed by atoms with Crippen LogP contribution in [0.25, 0.3) is 11.4 Å². The van der Waals surface area contributed by atoms with Gasteiger partial charge in [-0.2, -0.15) is 4.98 Å². The second kappa shape index (κ2) is 4.79. The molecule has 4 heteroatoms. The number of nitrogens with zero attached hydrogens (tertiary/aromatic N) is 3. The summed E-state index contributed by atoms with van der Waals surface area (Å²) < 4.78 is 1.77. The van der Waals surface area contributed by atoms with Crippen LogP contribution in [0.2, 0.25) is 0 Å². The van der Waals surface area contributed by atoms with Crippen molar-refractivity contribution >= 4 is 5.95 Å². The molecule has 0 spiro atoms. The summed E-state index contributed by atoms with van der Waals surface area (Å²) in [5.74, 6) is 1.20. The Kier molecular flexibility index (Phi) is 3.19. The summed E-state index contributed by atoms with van der Waals surface area (Å²) in [4.78, 5) is 4.26. The van der Waals surface area contributed by atoms with E-state index in [1.165, 1.54) is 0 Å². The van der Waals surface area contributed by atoms with Gasteiger partial charge in [0.2, 0.25) is 5.95 Å². The number of unbranched alkanes of at least 4 members (excludes halogenated alkanes) is 1. The Hall–Kier alpha value is -1.84. The lowest BCUT2D eigenvalue weighted by Crippen LogP contribution is -2.04. The molecule has 0 bridgehead atoms. The molecule has 0 aliphatic heterocycles. The molecule has 0 amide bonds. The first-order chi connectivity index (χ1) is 7.81. The van der Waals surface area contributed by atoms with E-state index in [9.17, 15) is 0 Å². The summed E-state index contributed by atoms with van der Waals surface area (Å²) in [5.41, 5.74) is 6.81. The molecular weight excluding hydrogens is 200 g/mol. The van der Waals surface area contributed by atoms with E-state index in [0.29, 0.717) is 11.8 Å². The van der Waals surface area contributed by atoms with Crippen molar-refractivity contribution in [2.45, 2.75) is 26.3 Å². The molecule has 0 radical (unpaired) electrons. The summed E-state index contributed by atoms with van der Waals surface area (Å²) in [7, 11) is 0. The van der Waals surface area contributed by atoms with E-state index >= 15 is 0 Å². The fourth-order valence-corrected chi connectivity index (χ4v) is 1.54. The molecule has 0 atom stereocenters. The van der Waals surface area contributed by atoms with E-state index < -0.39 is 0 Å². The smallest absolute Gasteiger partial charge is 0.219 e. The van der Waals surface area contributed by atoms with E-state index in [2.05, 4.69) is 17.0 Å². The summed E-state index contributed by atoms with van der Waals surface area (Å²) in [6.45, 7) is 2.98. The van der Waals surface area contributed by atoms with E-state index in [4.69, 9.17) is 5.73 Å². The van der Waals surface area contributed by atoms with Crippen molar-refractivity contribution in [2.75, 3.05) is 5.73 Å². The van der Waals surface area contributed by atoms with Crippen molar-refractivity contribution in [3.05, 3.63) is 30.3 Å². The van der Waals surface area contributed by atoms with Gasteiger partial charge >= 0.3 is 0 Å². The maximum absolute atomic E-state index is 5.81. The Balaban J connectivity index is 2.24. The first kappa shape index (κ1) is 10.7. The molecule has 4 nitrogen and oxygen atoms in total. The van der Waals surface area contributed by atoms with Gasteiger partial charge in [0.05, 0.1) is 0 Å². The summed E-state index contributed by atoms with van der Waals surface area (Å²) >= 11 is 0. The van der Waals surface area contributed by atoms with Crippen molar-refractivity contribution < 1.29 is 0 Å². The Morgan fingerprint density at radius 3 is 2.69 bits per heavy atom. The molecule has 1 aromatic heterocycles. The van der Waals surface area contributed by atoms with Crippen LogP contribution >= 0.6 is 0 Å². The van der Waals surface area contributed by atoms with Gasteiger partial charge in [0.15, 0.2) is 5.82 Å². The lowest BCUT2D eigenvalue weighted by atomic mass is 10.2. The number of hydrogen-bond donors (Lipinski definition) is 1. The van der Waals surface area contributed by atoms with Gasteiger partial charge < -0.3 is 5.73 Å². The normalized spacial score (nSPS) is 10.6. The van der Waals surface area contributed by atoms with E-state index in [-0.39, 0.29) is 0 Å². The SMILES string of the molecule is CCCCn1nc(-c2ccccc2)nc1N. The van der Waals surface area contributed by atoms with Crippen molar-refractivity contribution in [1.82, 2.24) is 14.8 Å². The first-order valence-corrected chi connectivity index (χ1v) is 5.57. The molecule has 16 heavy (non-hydrogen) atoms. The van der Waals surface area contributed by atoms with Crippen LogP contribution < -0.4 is 5.73 Å². The minimum atomic E-state index is 0.493. The van der Waals surface area contributed by atoms with Gasteiger partial charge in [0.1, 0.15) is 0 Å². The zero-order valence-electron chi connectivity index (χ0n) is 9.43. The second-order valence-electron chi connectivity index (χ2n) is 3.74. The second-order valence-corrected chi connectivity index (χ2v) is 3.74. The van der Waals surface area contributed by atoms with Gasteiger partial charge in [-0.1, -0.05) is 43.7 Å². The molecule has 2 rings (SSSR count). The zero-order chi connectivity index (χ0) is 11.4. The molecule has 0 saturated heterocycles. The third kappa shape index (κ3) is 2.21. The number of anilines is 1. The van der Waals surface area contributed by atoms with Gasteiger partial charge in [-0.05, 0) is 6.42 Å². The maximum Gasteiger partial charge on any atom is 0.219 e. The van der Waals surface area contributed by atoms with E-state index in [1.54, 1.807) is 4.68 Å². The number of rotatable bonds is 4. The highest BCUT2D eigenvalue weighted by molar-refractivity contribution is 5.55. The first-order valence-electron chi connectivity index (χ1n) is 5.57. The van der Waals surface area contributed by atoms with E-state index in [1.807, 2.05) is 30.3 Å². The lowest BCUT2D eigenvalue weighted by Gasteiger charge is -1.99. The summed E-state index contributed by atoms with van der Waals surface area (Å²) in [5, 5.41) is 4.40. The molecule has 0 saturated carbocycles. The third-order valence-electron chi connectivity index (χ3n) is 2.46. The van der Waals surface area contributed by atoms with Gasteiger partial charge in [-0.25, -0.2) is 4.68 Å². The van der Waals surface area contributed by atoms with Gasteiger partial charge in [0, 0.05) is 12.1 Å². The quantitative estimate of drug-likeness (QED) is 0.853. The standard InChI is InChI=1S/C12H16N4/c1-2-3-9-16-12(13)14-11(15-16)10-7-5-4-6-8-10/h4-8H,2-3,9H2,1H3,(H2,13,14,15). The van der Waals surface area contributed by atoms with Gasteiger partial charge in [-0.3, -0.25) is 0 Å². The Bertz CT molecular complexity index is 447. The average Bonchev–Trinajstić information content (AvgIpc) is 2.69. The van der Waals surface area contributed by atoms with Crippen LogP contribution in [-0.4, -0.2) is 14.8 Å². The molecule has 84 valence electrons. The van der Waals surface area contributed by atoms with Crippen LogP contribution in [0.1, 0.15) is 19.8 Å². The number of hydrogen-bond acceptors (Lipinski definition) is 3. The predicted molar refractivity (Wildman–Crippen MR) is 64.8 cm³/mol. The fraction of sp³-hybridized carbons (Fsp3) is 0.333. The summed E-state index contributed by atoms with van der Waals surface area (Å²) in [6.07, 6.45) is 2.20. The monoisotopic (exact) mass is 216 g/mol. The van der Waals surface area contributed by atoms with Crippen LogP contribution in [0.15, 0.2) is 30.3 Å². The number of nitrogen functional groups attached to an aromatic ring is 1. The number of aromatic nitrogens is 3. The molecule has 0 aliphatic carbocycles. The van der Waals surface area contributed by atoms with Crippen molar-refractivity contribution in [3.8, 4) is 11.4 Å². The van der Waals surface area contributed by atoms with Crippen LogP contribution in [0, 0.1) is 0 Å².